The lowest BCUT2D eigenvalue weighted by Gasteiger charge is -2.38. The van der Waals surface area contributed by atoms with E-state index in [4.69, 9.17) is 5.73 Å². The average Bonchev–Trinajstić information content (AvgIpc) is 2.98. The molecule has 0 spiro atoms. The monoisotopic (exact) mass is 267 g/mol. The SMILES string of the molecule is CCCCC(N)C(=O)N1CCCC(N2CCCC2)C1. The number of nitrogens with zero attached hydrogens (tertiary/aromatic N) is 2. The van der Waals surface area contributed by atoms with Gasteiger partial charge in [0.25, 0.3) is 0 Å². The summed E-state index contributed by atoms with van der Waals surface area (Å²) in [7, 11) is 0. The van der Waals surface area contributed by atoms with E-state index >= 15 is 0 Å². The van der Waals surface area contributed by atoms with Crippen LogP contribution < -0.4 is 5.73 Å². The van der Waals surface area contributed by atoms with E-state index in [0.717, 1.165) is 38.8 Å². The van der Waals surface area contributed by atoms with Crippen LogP contribution in [0.2, 0.25) is 0 Å². The quantitative estimate of drug-likeness (QED) is 0.823. The first-order valence-corrected chi connectivity index (χ1v) is 8.00. The van der Waals surface area contributed by atoms with Crippen molar-refractivity contribution in [2.75, 3.05) is 26.2 Å². The van der Waals surface area contributed by atoms with Gasteiger partial charge in [-0.25, -0.2) is 0 Å². The van der Waals surface area contributed by atoms with E-state index in [1.807, 2.05) is 4.90 Å². The lowest BCUT2D eigenvalue weighted by atomic mass is 10.0. The zero-order valence-electron chi connectivity index (χ0n) is 12.3. The number of unbranched alkanes of at least 4 members (excludes halogenated alkanes) is 1. The Morgan fingerprint density at radius 3 is 2.68 bits per heavy atom. The van der Waals surface area contributed by atoms with Gasteiger partial charge in [0, 0.05) is 19.1 Å². The highest BCUT2D eigenvalue weighted by molar-refractivity contribution is 5.81. The Labute approximate surface area is 117 Å². The van der Waals surface area contributed by atoms with Crippen molar-refractivity contribution >= 4 is 5.91 Å². The fourth-order valence-corrected chi connectivity index (χ4v) is 3.34. The lowest BCUT2D eigenvalue weighted by molar-refractivity contribution is -0.134. The molecule has 0 saturated carbocycles. The van der Waals surface area contributed by atoms with Crippen molar-refractivity contribution < 1.29 is 4.79 Å². The Hall–Kier alpha value is -0.610. The molecular formula is C15H29N3O. The number of hydrogen-bond acceptors (Lipinski definition) is 3. The molecule has 0 radical (unpaired) electrons. The van der Waals surface area contributed by atoms with E-state index in [0.29, 0.717) is 6.04 Å². The molecule has 0 aromatic carbocycles. The Morgan fingerprint density at radius 2 is 2.00 bits per heavy atom. The standard InChI is InChI=1S/C15H29N3O/c1-2-3-8-14(16)15(19)18-11-6-7-13(12-18)17-9-4-5-10-17/h13-14H,2-12,16H2,1H3. The number of carbonyl (C=O) groups excluding carboxylic acids is 1. The van der Waals surface area contributed by atoms with Crippen LogP contribution in [-0.2, 0) is 4.79 Å². The van der Waals surface area contributed by atoms with E-state index in [-0.39, 0.29) is 11.9 Å². The molecule has 2 fully saturated rings. The smallest absolute Gasteiger partial charge is 0.239 e. The maximum Gasteiger partial charge on any atom is 0.239 e. The normalized spacial score (nSPS) is 26.6. The Morgan fingerprint density at radius 1 is 1.26 bits per heavy atom. The third kappa shape index (κ3) is 3.93. The number of carbonyl (C=O) groups is 1. The third-order valence-electron chi connectivity index (χ3n) is 4.55. The van der Waals surface area contributed by atoms with Crippen molar-refractivity contribution in [1.82, 2.24) is 9.80 Å². The van der Waals surface area contributed by atoms with Crippen LogP contribution in [0.3, 0.4) is 0 Å². The van der Waals surface area contributed by atoms with Gasteiger partial charge >= 0.3 is 0 Å². The fourth-order valence-electron chi connectivity index (χ4n) is 3.34. The first-order valence-electron chi connectivity index (χ1n) is 8.00. The van der Waals surface area contributed by atoms with Gasteiger partial charge in [0.15, 0.2) is 0 Å². The molecule has 2 rings (SSSR count). The largest absolute Gasteiger partial charge is 0.340 e. The summed E-state index contributed by atoms with van der Waals surface area (Å²) in [6.07, 6.45) is 8.01. The summed E-state index contributed by atoms with van der Waals surface area (Å²) in [5, 5.41) is 0. The number of piperidine rings is 1. The van der Waals surface area contributed by atoms with Crippen molar-refractivity contribution in [2.24, 2.45) is 5.73 Å². The molecule has 110 valence electrons. The van der Waals surface area contributed by atoms with Gasteiger partial charge in [0.1, 0.15) is 0 Å². The van der Waals surface area contributed by atoms with Crippen LogP contribution in [0.1, 0.15) is 51.9 Å². The molecule has 4 nitrogen and oxygen atoms in total. The lowest BCUT2D eigenvalue weighted by Crippen LogP contribution is -2.53. The highest BCUT2D eigenvalue weighted by atomic mass is 16.2. The summed E-state index contributed by atoms with van der Waals surface area (Å²) in [5.41, 5.74) is 6.03. The van der Waals surface area contributed by atoms with Crippen molar-refractivity contribution in [3.63, 3.8) is 0 Å². The Bertz CT molecular complexity index is 289. The maximum absolute atomic E-state index is 12.3. The number of hydrogen-bond donors (Lipinski definition) is 1. The first-order chi connectivity index (χ1) is 9.22. The maximum atomic E-state index is 12.3. The Balaban J connectivity index is 1.83. The summed E-state index contributed by atoms with van der Waals surface area (Å²) in [5.74, 6) is 0.178. The first kappa shape index (κ1) is 14.8. The van der Waals surface area contributed by atoms with Crippen LogP contribution in [-0.4, -0.2) is 54.0 Å². The second-order valence-corrected chi connectivity index (χ2v) is 6.07. The number of nitrogens with two attached hydrogens (primary N) is 1. The highest BCUT2D eigenvalue weighted by Gasteiger charge is 2.30. The van der Waals surface area contributed by atoms with E-state index < -0.39 is 0 Å². The molecule has 2 N–H and O–H groups in total. The second kappa shape index (κ2) is 7.25. The molecule has 2 aliphatic rings. The molecule has 4 heteroatoms. The molecule has 2 aliphatic heterocycles. The minimum Gasteiger partial charge on any atom is -0.340 e. The van der Waals surface area contributed by atoms with E-state index in [1.165, 1.54) is 32.4 Å². The highest BCUT2D eigenvalue weighted by Crippen LogP contribution is 2.21. The van der Waals surface area contributed by atoms with Crippen molar-refractivity contribution in [1.29, 1.82) is 0 Å². The van der Waals surface area contributed by atoms with Gasteiger partial charge in [-0.15, -0.1) is 0 Å². The van der Waals surface area contributed by atoms with Crippen LogP contribution in [0.5, 0.6) is 0 Å². The van der Waals surface area contributed by atoms with Crippen LogP contribution in [0.15, 0.2) is 0 Å². The predicted molar refractivity (Wildman–Crippen MR) is 77.9 cm³/mol. The molecule has 2 unspecified atom stereocenters. The summed E-state index contributed by atoms with van der Waals surface area (Å²) in [4.78, 5) is 16.9. The second-order valence-electron chi connectivity index (χ2n) is 6.07. The van der Waals surface area contributed by atoms with Crippen molar-refractivity contribution in [3.05, 3.63) is 0 Å². The molecule has 19 heavy (non-hydrogen) atoms. The minimum atomic E-state index is -0.280. The molecule has 0 aliphatic carbocycles. The van der Waals surface area contributed by atoms with Crippen molar-refractivity contribution in [3.8, 4) is 0 Å². The third-order valence-corrected chi connectivity index (χ3v) is 4.55. The van der Waals surface area contributed by atoms with Gasteiger partial charge in [0.05, 0.1) is 6.04 Å². The van der Waals surface area contributed by atoms with Crippen LogP contribution >= 0.6 is 0 Å². The van der Waals surface area contributed by atoms with Crippen LogP contribution in [0.25, 0.3) is 0 Å². The summed E-state index contributed by atoms with van der Waals surface area (Å²) in [6.45, 7) is 6.38. The molecule has 2 atom stereocenters. The molecule has 2 saturated heterocycles. The summed E-state index contributed by atoms with van der Waals surface area (Å²) in [6, 6.07) is 0.302. The summed E-state index contributed by atoms with van der Waals surface area (Å²) < 4.78 is 0. The Kier molecular flexibility index (Phi) is 5.64. The van der Waals surface area contributed by atoms with E-state index in [9.17, 15) is 4.79 Å². The van der Waals surface area contributed by atoms with E-state index in [2.05, 4.69) is 11.8 Å². The van der Waals surface area contributed by atoms with Gasteiger partial charge in [-0.3, -0.25) is 9.69 Å². The molecule has 0 aromatic heterocycles. The summed E-state index contributed by atoms with van der Waals surface area (Å²) >= 11 is 0. The van der Waals surface area contributed by atoms with Gasteiger partial charge in [-0.2, -0.15) is 0 Å². The molecule has 0 bridgehead atoms. The van der Waals surface area contributed by atoms with Gasteiger partial charge in [-0.1, -0.05) is 19.8 Å². The molecule has 2 heterocycles. The van der Waals surface area contributed by atoms with Crippen LogP contribution in [0, 0.1) is 0 Å². The number of rotatable bonds is 5. The fraction of sp³-hybridized carbons (Fsp3) is 0.933. The molecule has 1 amide bonds. The average molecular weight is 267 g/mol. The minimum absolute atomic E-state index is 0.178. The van der Waals surface area contributed by atoms with Crippen LogP contribution in [0.4, 0.5) is 0 Å². The number of likely N-dealkylation sites (tertiary alicyclic amines) is 2. The van der Waals surface area contributed by atoms with E-state index in [1.54, 1.807) is 0 Å². The predicted octanol–water partition coefficient (Wildman–Crippen LogP) is 1.59. The number of amides is 1. The van der Waals surface area contributed by atoms with Crippen molar-refractivity contribution in [2.45, 2.75) is 64.0 Å². The molecular weight excluding hydrogens is 238 g/mol. The zero-order chi connectivity index (χ0) is 13.7. The van der Waals surface area contributed by atoms with Gasteiger partial charge < -0.3 is 10.6 Å². The molecule has 0 aromatic rings. The zero-order valence-corrected chi connectivity index (χ0v) is 12.3. The topological polar surface area (TPSA) is 49.6 Å². The van der Waals surface area contributed by atoms with Gasteiger partial charge in [-0.05, 0) is 45.2 Å². The van der Waals surface area contributed by atoms with Gasteiger partial charge in [0.2, 0.25) is 5.91 Å².